The van der Waals surface area contributed by atoms with Crippen molar-refractivity contribution < 1.29 is 9.53 Å². The predicted octanol–water partition coefficient (Wildman–Crippen LogP) is 3.72. The van der Waals surface area contributed by atoms with Crippen LogP contribution in [-0.4, -0.2) is 17.4 Å². The van der Waals surface area contributed by atoms with Crippen LogP contribution in [0.15, 0.2) is 24.3 Å². The van der Waals surface area contributed by atoms with Gasteiger partial charge < -0.3 is 4.74 Å². The number of aromatic nitrogens is 1. The highest BCUT2D eigenvalue weighted by molar-refractivity contribution is 7.14. The second-order valence-corrected chi connectivity index (χ2v) is 5.14. The molecule has 0 aliphatic heterocycles. The number of nitrogens with zero attached hydrogens (tertiary/aromatic N) is 1. The lowest BCUT2D eigenvalue weighted by molar-refractivity contribution is 0.101. The number of carbonyl (C=O) groups excluding carboxylic acids is 1. The summed E-state index contributed by atoms with van der Waals surface area (Å²) in [6.45, 7) is 6.14. The first-order valence-electron chi connectivity index (χ1n) is 5.83. The van der Waals surface area contributed by atoms with E-state index in [0.717, 1.165) is 21.9 Å². The molecule has 0 bridgehead atoms. The van der Waals surface area contributed by atoms with Gasteiger partial charge in [0.05, 0.1) is 12.3 Å². The molecule has 0 N–H and O–H groups in total. The molecule has 1 aromatic carbocycles. The molecular formula is C14H15NO2S. The molecule has 2 rings (SSSR count). The molecule has 1 aromatic heterocycles. The number of hydrogen-bond acceptors (Lipinski definition) is 4. The fraction of sp³-hybridized carbons (Fsp3) is 0.286. The molecule has 0 amide bonds. The summed E-state index contributed by atoms with van der Waals surface area (Å²) < 4.78 is 5.40. The van der Waals surface area contributed by atoms with Crippen LogP contribution in [0.1, 0.15) is 28.5 Å². The molecule has 0 saturated carbocycles. The Labute approximate surface area is 110 Å². The largest absolute Gasteiger partial charge is 0.494 e. The van der Waals surface area contributed by atoms with Crippen LogP contribution in [-0.2, 0) is 0 Å². The number of rotatable bonds is 4. The Morgan fingerprint density at radius 1 is 1.33 bits per heavy atom. The summed E-state index contributed by atoms with van der Waals surface area (Å²) >= 11 is 1.44. The third-order valence-electron chi connectivity index (χ3n) is 2.54. The van der Waals surface area contributed by atoms with E-state index in [9.17, 15) is 4.79 Å². The molecule has 2 aromatic rings. The molecule has 0 aliphatic rings. The summed E-state index contributed by atoms with van der Waals surface area (Å²) in [5.41, 5.74) is 1.90. The van der Waals surface area contributed by atoms with Gasteiger partial charge in [0.15, 0.2) is 10.8 Å². The van der Waals surface area contributed by atoms with Gasteiger partial charge in [0, 0.05) is 17.4 Å². The maximum Gasteiger partial charge on any atom is 0.188 e. The van der Waals surface area contributed by atoms with Crippen molar-refractivity contribution in [1.82, 2.24) is 4.98 Å². The summed E-state index contributed by atoms with van der Waals surface area (Å²) in [4.78, 5) is 16.8. The number of Topliss-reactive ketones (excluding diaryl/α,β-unsaturated/α-hetero) is 1. The van der Waals surface area contributed by atoms with E-state index in [1.807, 2.05) is 38.1 Å². The summed E-state index contributed by atoms with van der Waals surface area (Å²) in [6, 6.07) is 7.78. The highest BCUT2D eigenvalue weighted by Gasteiger charge is 2.12. The summed E-state index contributed by atoms with van der Waals surface area (Å²) in [5.74, 6) is 0.862. The Hall–Kier alpha value is -1.68. The van der Waals surface area contributed by atoms with Gasteiger partial charge >= 0.3 is 0 Å². The Kier molecular flexibility index (Phi) is 3.77. The Balaban J connectivity index is 2.33. The highest BCUT2D eigenvalue weighted by atomic mass is 32.1. The maximum absolute atomic E-state index is 11.3. The minimum atomic E-state index is 0.0142. The second-order valence-electron chi connectivity index (χ2n) is 3.94. The summed E-state index contributed by atoms with van der Waals surface area (Å²) in [5, 5.41) is 0.566. The monoisotopic (exact) mass is 261 g/mol. The molecule has 0 radical (unpaired) electrons. The fourth-order valence-corrected chi connectivity index (χ4v) is 2.52. The van der Waals surface area contributed by atoms with Gasteiger partial charge in [-0.25, -0.2) is 4.98 Å². The van der Waals surface area contributed by atoms with E-state index in [4.69, 9.17) is 4.74 Å². The van der Waals surface area contributed by atoms with Crippen LogP contribution in [0.25, 0.3) is 11.3 Å². The maximum atomic E-state index is 11.3. The van der Waals surface area contributed by atoms with Crippen LogP contribution in [0.3, 0.4) is 0 Å². The van der Waals surface area contributed by atoms with Gasteiger partial charge in [-0.1, -0.05) is 0 Å². The van der Waals surface area contributed by atoms with E-state index in [1.165, 1.54) is 11.3 Å². The van der Waals surface area contributed by atoms with Crippen LogP contribution >= 0.6 is 11.3 Å². The standard InChI is InChI=1S/C14H15NO2S/c1-4-17-12-7-5-11(6-8-12)13-10(3)18-14(15-13)9(2)16/h5-8H,4H2,1-3H3. The molecule has 18 heavy (non-hydrogen) atoms. The number of thiazole rings is 1. The van der Waals surface area contributed by atoms with E-state index in [2.05, 4.69) is 4.98 Å². The van der Waals surface area contributed by atoms with Crippen LogP contribution in [0.2, 0.25) is 0 Å². The van der Waals surface area contributed by atoms with Crippen molar-refractivity contribution in [3.05, 3.63) is 34.2 Å². The topological polar surface area (TPSA) is 39.2 Å². The highest BCUT2D eigenvalue weighted by Crippen LogP contribution is 2.28. The number of benzene rings is 1. The first-order valence-corrected chi connectivity index (χ1v) is 6.65. The van der Waals surface area contributed by atoms with Crippen molar-refractivity contribution in [2.24, 2.45) is 0 Å². The van der Waals surface area contributed by atoms with Gasteiger partial charge in [-0.05, 0) is 38.1 Å². The van der Waals surface area contributed by atoms with Gasteiger partial charge in [0.2, 0.25) is 0 Å². The van der Waals surface area contributed by atoms with Crippen LogP contribution < -0.4 is 4.74 Å². The number of ether oxygens (including phenoxy) is 1. The number of hydrogen-bond donors (Lipinski definition) is 0. The zero-order chi connectivity index (χ0) is 13.1. The lowest BCUT2D eigenvalue weighted by atomic mass is 10.1. The smallest absolute Gasteiger partial charge is 0.188 e. The van der Waals surface area contributed by atoms with Crippen molar-refractivity contribution in [2.75, 3.05) is 6.61 Å². The van der Waals surface area contributed by atoms with E-state index in [0.29, 0.717) is 11.6 Å². The Morgan fingerprint density at radius 2 is 2.00 bits per heavy atom. The van der Waals surface area contributed by atoms with Gasteiger partial charge in [0.25, 0.3) is 0 Å². The zero-order valence-corrected chi connectivity index (χ0v) is 11.5. The molecule has 0 aliphatic carbocycles. The number of carbonyl (C=O) groups is 1. The van der Waals surface area contributed by atoms with Gasteiger partial charge in [-0.3, -0.25) is 4.79 Å². The van der Waals surface area contributed by atoms with E-state index < -0.39 is 0 Å². The molecule has 4 heteroatoms. The summed E-state index contributed by atoms with van der Waals surface area (Å²) in [6.07, 6.45) is 0. The van der Waals surface area contributed by atoms with Crippen LogP contribution in [0.5, 0.6) is 5.75 Å². The minimum absolute atomic E-state index is 0.0142. The molecule has 94 valence electrons. The van der Waals surface area contributed by atoms with Crippen molar-refractivity contribution in [3.8, 4) is 17.0 Å². The minimum Gasteiger partial charge on any atom is -0.494 e. The van der Waals surface area contributed by atoms with E-state index in [-0.39, 0.29) is 5.78 Å². The molecular weight excluding hydrogens is 246 g/mol. The molecule has 0 spiro atoms. The van der Waals surface area contributed by atoms with Crippen LogP contribution in [0, 0.1) is 6.92 Å². The summed E-state index contributed by atoms with van der Waals surface area (Å²) in [7, 11) is 0. The number of ketones is 1. The van der Waals surface area contributed by atoms with Crippen molar-refractivity contribution in [3.63, 3.8) is 0 Å². The third kappa shape index (κ3) is 2.59. The first-order chi connectivity index (χ1) is 8.61. The molecule has 0 unspecified atom stereocenters. The SMILES string of the molecule is CCOc1ccc(-c2nc(C(C)=O)sc2C)cc1. The fourth-order valence-electron chi connectivity index (χ4n) is 1.69. The van der Waals surface area contributed by atoms with Gasteiger partial charge in [0.1, 0.15) is 5.75 Å². The zero-order valence-electron chi connectivity index (χ0n) is 10.7. The van der Waals surface area contributed by atoms with Crippen molar-refractivity contribution >= 4 is 17.1 Å². The van der Waals surface area contributed by atoms with E-state index in [1.54, 1.807) is 6.92 Å². The Bertz CT molecular complexity index is 558. The number of aryl methyl sites for hydroxylation is 1. The molecule has 1 heterocycles. The van der Waals surface area contributed by atoms with E-state index >= 15 is 0 Å². The normalized spacial score (nSPS) is 10.4. The second kappa shape index (κ2) is 5.31. The van der Waals surface area contributed by atoms with Crippen LogP contribution in [0.4, 0.5) is 0 Å². The lowest BCUT2D eigenvalue weighted by Crippen LogP contribution is -1.92. The van der Waals surface area contributed by atoms with Crippen molar-refractivity contribution in [1.29, 1.82) is 0 Å². The molecule has 3 nitrogen and oxygen atoms in total. The van der Waals surface area contributed by atoms with Gasteiger partial charge in [-0.2, -0.15) is 0 Å². The Morgan fingerprint density at radius 3 is 2.50 bits per heavy atom. The third-order valence-corrected chi connectivity index (χ3v) is 3.61. The predicted molar refractivity (Wildman–Crippen MR) is 73.5 cm³/mol. The molecule has 0 fully saturated rings. The van der Waals surface area contributed by atoms with Crippen molar-refractivity contribution in [2.45, 2.75) is 20.8 Å². The molecule has 0 atom stereocenters. The lowest BCUT2D eigenvalue weighted by Gasteiger charge is -2.03. The van der Waals surface area contributed by atoms with Gasteiger partial charge in [-0.15, -0.1) is 11.3 Å². The molecule has 0 saturated heterocycles. The average molecular weight is 261 g/mol. The average Bonchev–Trinajstić information content (AvgIpc) is 2.73. The first kappa shape index (κ1) is 12.8. The quantitative estimate of drug-likeness (QED) is 0.787.